The van der Waals surface area contributed by atoms with Gasteiger partial charge in [0.15, 0.2) is 0 Å². The molecular weight excluding hydrogens is 207 g/mol. The molecule has 16 heavy (non-hydrogen) atoms. The van der Waals surface area contributed by atoms with Gasteiger partial charge in [-0.3, -0.25) is 14.7 Å². The first kappa shape index (κ1) is 11.2. The molecule has 4 heteroatoms. The Labute approximate surface area is 94.3 Å². The first-order chi connectivity index (χ1) is 7.65. The van der Waals surface area contributed by atoms with Crippen LogP contribution < -0.4 is 0 Å². The standard InChI is InChI=1S/C12H15FN2O/c1-9-7-15(5-4-12(9)16)8-11-3-2-10(13)6-14-11/h2-3,6,9H,4-5,7-8H2,1H3/t9-/m0/s1. The third-order valence-electron chi connectivity index (χ3n) is 2.93. The molecule has 1 aliphatic rings. The summed E-state index contributed by atoms with van der Waals surface area (Å²) >= 11 is 0. The van der Waals surface area contributed by atoms with Gasteiger partial charge in [-0.1, -0.05) is 6.92 Å². The molecule has 1 atom stereocenters. The number of ketones is 1. The third kappa shape index (κ3) is 2.64. The van der Waals surface area contributed by atoms with Gasteiger partial charge in [-0.05, 0) is 12.1 Å². The normalized spacial score (nSPS) is 22.4. The fourth-order valence-electron chi connectivity index (χ4n) is 1.97. The Kier molecular flexibility index (Phi) is 3.29. The van der Waals surface area contributed by atoms with Gasteiger partial charge in [0.25, 0.3) is 0 Å². The van der Waals surface area contributed by atoms with Crippen LogP contribution in [0.15, 0.2) is 18.3 Å². The van der Waals surface area contributed by atoms with E-state index in [2.05, 4.69) is 9.88 Å². The van der Waals surface area contributed by atoms with Crippen molar-refractivity contribution in [1.82, 2.24) is 9.88 Å². The van der Waals surface area contributed by atoms with Crippen LogP contribution >= 0.6 is 0 Å². The van der Waals surface area contributed by atoms with E-state index >= 15 is 0 Å². The van der Waals surface area contributed by atoms with Crippen molar-refractivity contribution in [3.8, 4) is 0 Å². The molecule has 0 saturated carbocycles. The maximum absolute atomic E-state index is 12.7. The van der Waals surface area contributed by atoms with Gasteiger partial charge in [-0.2, -0.15) is 0 Å². The molecule has 0 spiro atoms. The lowest BCUT2D eigenvalue weighted by Gasteiger charge is -2.29. The van der Waals surface area contributed by atoms with Crippen LogP contribution in [0, 0.1) is 11.7 Å². The maximum atomic E-state index is 12.7. The molecule has 86 valence electrons. The second-order valence-electron chi connectivity index (χ2n) is 4.32. The Hall–Kier alpha value is -1.29. The fourth-order valence-corrected chi connectivity index (χ4v) is 1.97. The number of piperidine rings is 1. The van der Waals surface area contributed by atoms with Gasteiger partial charge in [0.2, 0.25) is 0 Å². The van der Waals surface area contributed by atoms with E-state index in [1.54, 1.807) is 6.07 Å². The number of hydrogen-bond acceptors (Lipinski definition) is 3. The van der Waals surface area contributed by atoms with Crippen molar-refractivity contribution in [2.75, 3.05) is 13.1 Å². The molecule has 0 bridgehead atoms. The lowest BCUT2D eigenvalue weighted by molar-refractivity contribution is -0.125. The summed E-state index contributed by atoms with van der Waals surface area (Å²) in [6.07, 6.45) is 1.84. The van der Waals surface area contributed by atoms with Crippen LogP contribution in [-0.4, -0.2) is 28.8 Å². The van der Waals surface area contributed by atoms with Gasteiger partial charge in [0.1, 0.15) is 11.6 Å². The van der Waals surface area contributed by atoms with Crippen molar-refractivity contribution in [2.45, 2.75) is 19.9 Å². The van der Waals surface area contributed by atoms with Gasteiger partial charge in [0, 0.05) is 32.0 Å². The highest BCUT2D eigenvalue weighted by Gasteiger charge is 2.23. The molecule has 0 amide bonds. The van der Waals surface area contributed by atoms with Gasteiger partial charge in [0.05, 0.1) is 11.9 Å². The summed E-state index contributed by atoms with van der Waals surface area (Å²) in [5.74, 6) is 0.128. The van der Waals surface area contributed by atoms with E-state index in [-0.39, 0.29) is 11.7 Å². The van der Waals surface area contributed by atoms with Crippen molar-refractivity contribution in [2.24, 2.45) is 5.92 Å². The summed E-state index contributed by atoms with van der Waals surface area (Å²) in [4.78, 5) is 17.5. The lowest BCUT2D eigenvalue weighted by atomic mass is 9.98. The average molecular weight is 222 g/mol. The van der Waals surface area contributed by atoms with Crippen LogP contribution in [0.1, 0.15) is 19.0 Å². The van der Waals surface area contributed by atoms with Crippen LogP contribution in [0.3, 0.4) is 0 Å². The van der Waals surface area contributed by atoms with Gasteiger partial charge in [-0.15, -0.1) is 0 Å². The van der Waals surface area contributed by atoms with Crippen molar-refractivity contribution in [1.29, 1.82) is 0 Å². The van der Waals surface area contributed by atoms with E-state index < -0.39 is 0 Å². The summed E-state index contributed by atoms with van der Waals surface area (Å²) < 4.78 is 12.7. The first-order valence-electron chi connectivity index (χ1n) is 5.50. The SMILES string of the molecule is C[C@H]1CN(Cc2ccc(F)cn2)CCC1=O. The maximum Gasteiger partial charge on any atom is 0.141 e. The molecule has 1 saturated heterocycles. The van der Waals surface area contributed by atoms with E-state index in [4.69, 9.17) is 0 Å². The molecule has 0 unspecified atom stereocenters. The molecule has 0 radical (unpaired) electrons. The van der Waals surface area contributed by atoms with E-state index in [9.17, 15) is 9.18 Å². The largest absolute Gasteiger partial charge is 0.299 e. The van der Waals surface area contributed by atoms with Crippen molar-refractivity contribution in [3.63, 3.8) is 0 Å². The van der Waals surface area contributed by atoms with E-state index in [1.165, 1.54) is 12.3 Å². The quantitative estimate of drug-likeness (QED) is 0.762. The minimum atomic E-state index is -0.314. The number of hydrogen-bond donors (Lipinski definition) is 0. The highest BCUT2D eigenvalue weighted by atomic mass is 19.1. The first-order valence-corrected chi connectivity index (χ1v) is 5.50. The number of Topliss-reactive ketones (excluding diaryl/α,β-unsaturated/α-hetero) is 1. The summed E-state index contributed by atoms with van der Waals surface area (Å²) in [6.45, 7) is 4.20. The molecule has 1 aliphatic heterocycles. The molecule has 2 heterocycles. The molecule has 1 aromatic rings. The van der Waals surface area contributed by atoms with Crippen LogP contribution in [0.5, 0.6) is 0 Å². The second-order valence-corrected chi connectivity index (χ2v) is 4.32. The van der Waals surface area contributed by atoms with Crippen molar-refractivity contribution in [3.05, 3.63) is 29.8 Å². The second kappa shape index (κ2) is 4.70. The number of carbonyl (C=O) groups excluding carboxylic acids is 1. The van der Waals surface area contributed by atoms with Crippen molar-refractivity contribution >= 4 is 5.78 Å². The number of aromatic nitrogens is 1. The number of likely N-dealkylation sites (tertiary alicyclic amines) is 1. The highest BCUT2D eigenvalue weighted by Crippen LogP contribution is 2.14. The van der Waals surface area contributed by atoms with E-state index in [0.717, 1.165) is 18.8 Å². The minimum absolute atomic E-state index is 0.106. The number of carbonyl (C=O) groups is 1. The number of halogens is 1. The topological polar surface area (TPSA) is 33.2 Å². The zero-order valence-electron chi connectivity index (χ0n) is 9.32. The molecule has 0 N–H and O–H groups in total. The van der Waals surface area contributed by atoms with Gasteiger partial charge in [-0.25, -0.2) is 4.39 Å². The van der Waals surface area contributed by atoms with Crippen LogP contribution in [0.25, 0.3) is 0 Å². The monoisotopic (exact) mass is 222 g/mol. The lowest BCUT2D eigenvalue weighted by Crippen LogP contribution is -2.39. The van der Waals surface area contributed by atoms with Gasteiger partial charge < -0.3 is 0 Å². The molecule has 1 aromatic heterocycles. The summed E-state index contributed by atoms with van der Waals surface area (Å²) in [5.41, 5.74) is 0.850. The zero-order valence-corrected chi connectivity index (χ0v) is 9.32. The number of rotatable bonds is 2. The summed E-state index contributed by atoms with van der Waals surface area (Å²) in [6, 6.07) is 3.11. The van der Waals surface area contributed by atoms with Crippen LogP contribution in [0.2, 0.25) is 0 Å². The Balaban J connectivity index is 1.95. The number of nitrogens with zero attached hydrogens (tertiary/aromatic N) is 2. The zero-order chi connectivity index (χ0) is 11.5. The molecule has 3 nitrogen and oxygen atoms in total. The van der Waals surface area contributed by atoms with Crippen LogP contribution in [0.4, 0.5) is 4.39 Å². The summed E-state index contributed by atoms with van der Waals surface area (Å²) in [7, 11) is 0. The smallest absolute Gasteiger partial charge is 0.141 e. The Bertz CT molecular complexity index is 377. The summed E-state index contributed by atoms with van der Waals surface area (Å²) in [5, 5.41) is 0. The molecule has 0 aromatic carbocycles. The Morgan fingerprint density at radius 3 is 3.00 bits per heavy atom. The average Bonchev–Trinajstić information content (AvgIpc) is 2.27. The van der Waals surface area contributed by atoms with Crippen molar-refractivity contribution < 1.29 is 9.18 Å². The van der Waals surface area contributed by atoms with E-state index in [0.29, 0.717) is 18.7 Å². The Morgan fingerprint density at radius 2 is 2.38 bits per heavy atom. The van der Waals surface area contributed by atoms with E-state index in [1.807, 2.05) is 6.92 Å². The molecule has 1 fully saturated rings. The molecule has 2 rings (SSSR count). The molecular formula is C12H15FN2O. The molecule has 0 aliphatic carbocycles. The highest BCUT2D eigenvalue weighted by molar-refractivity contribution is 5.81. The van der Waals surface area contributed by atoms with Gasteiger partial charge >= 0.3 is 0 Å². The minimum Gasteiger partial charge on any atom is -0.299 e. The predicted octanol–water partition coefficient (Wildman–Crippen LogP) is 1.63. The Morgan fingerprint density at radius 1 is 1.56 bits per heavy atom. The predicted molar refractivity (Wildman–Crippen MR) is 58.3 cm³/mol. The number of pyridine rings is 1. The third-order valence-corrected chi connectivity index (χ3v) is 2.93. The van der Waals surface area contributed by atoms with Crippen LogP contribution in [-0.2, 0) is 11.3 Å². The fraction of sp³-hybridized carbons (Fsp3) is 0.500.